The highest BCUT2D eigenvalue weighted by atomic mass is 79.9. The van der Waals surface area contributed by atoms with E-state index >= 15 is 0 Å². The summed E-state index contributed by atoms with van der Waals surface area (Å²) in [6.45, 7) is 8.18. The summed E-state index contributed by atoms with van der Waals surface area (Å²) in [6, 6.07) is 47.3. The zero-order valence-electron chi connectivity index (χ0n) is 37.7. The second-order valence-electron chi connectivity index (χ2n) is 14.6. The summed E-state index contributed by atoms with van der Waals surface area (Å²) in [5, 5.41) is 31.3. The molecule has 344 valence electrons. The van der Waals surface area contributed by atoms with Crippen molar-refractivity contribution in [2.75, 3.05) is 46.6 Å². The predicted octanol–water partition coefficient (Wildman–Crippen LogP) is 13.0. The number of aromatic nitrogens is 2. The van der Waals surface area contributed by atoms with Crippen LogP contribution in [0.5, 0.6) is 0 Å². The van der Waals surface area contributed by atoms with Gasteiger partial charge in [0.1, 0.15) is 6.29 Å². The van der Waals surface area contributed by atoms with Crippen LogP contribution in [0, 0.1) is 0 Å². The second-order valence-corrected chi connectivity index (χ2v) is 18.2. The van der Waals surface area contributed by atoms with E-state index in [2.05, 4.69) is 144 Å². The van der Waals surface area contributed by atoms with Gasteiger partial charge >= 0.3 is 0 Å². The number of halogens is 2. The molecule has 0 aliphatic heterocycles. The fourth-order valence-corrected chi connectivity index (χ4v) is 9.38. The molecular weight excluding hydrogens is 1010 g/mol. The van der Waals surface area contributed by atoms with E-state index in [1.54, 1.807) is 53.2 Å². The Kier molecular flexibility index (Phi) is 19.5. The number of carbonyl (C=O) groups is 1. The van der Waals surface area contributed by atoms with Gasteiger partial charge in [-0.05, 0) is 129 Å². The van der Waals surface area contributed by atoms with E-state index in [0.29, 0.717) is 5.56 Å². The number of fused-ring (bicyclic) bond motifs is 2. The zero-order chi connectivity index (χ0) is 47.4. The van der Waals surface area contributed by atoms with E-state index in [1.165, 1.54) is 26.3 Å². The average molecular weight is 1060 g/mol. The standard InChI is InChI=1S/C25H25BrN6S.C17H18BrN3O.C8H9N3S/c1-3-32(17-16-26)22-14-12-21(13-15-22)29-28-20-10-8-19(9-11-20)18-27-30-25-31(2)23-6-4-5-7-24(23)33-25;1-2-21(12-11-18)17-9-7-16(8-10-17)20-19-15-5-3-14(13-22)4-6-15;1-11-6-4-2-3-5-7(6)12-8(11)10-9/h4-15,18H,3,16-17H2,1-2H3;3-10,13H,2,11-12H2,1H3;2-5H,9H2,1H3/b27-18+,29-28?,30-25-;;10-8-. The Morgan fingerprint density at radius 3 is 1.33 bits per heavy atom. The van der Waals surface area contributed by atoms with E-state index in [4.69, 9.17) is 5.84 Å². The minimum atomic E-state index is 0.634. The number of anilines is 2. The number of nitrogens with two attached hydrogens (primary N) is 1. The lowest BCUT2D eigenvalue weighted by molar-refractivity contribution is 0.112. The molecule has 0 spiro atoms. The predicted molar refractivity (Wildman–Crippen MR) is 287 cm³/mol. The van der Waals surface area contributed by atoms with Crippen LogP contribution < -0.4 is 25.2 Å². The normalized spacial score (nSPS) is 11.9. The van der Waals surface area contributed by atoms with Crippen molar-refractivity contribution in [1.82, 2.24) is 9.13 Å². The third kappa shape index (κ3) is 14.3. The lowest BCUT2D eigenvalue weighted by atomic mass is 10.2. The molecular formula is C50H52Br2N12OS2. The summed E-state index contributed by atoms with van der Waals surface area (Å²) in [5.74, 6) is 5.23. The molecule has 0 radical (unpaired) electrons. The molecule has 0 atom stereocenters. The molecule has 67 heavy (non-hydrogen) atoms. The van der Waals surface area contributed by atoms with Crippen LogP contribution in [0.1, 0.15) is 29.8 Å². The molecule has 17 heteroatoms. The highest BCUT2D eigenvalue weighted by Gasteiger charge is 2.05. The Labute approximate surface area is 415 Å². The smallest absolute Gasteiger partial charge is 0.211 e. The van der Waals surface area contributed by atoms with Crippen LogP contribution in [0.3, 0.4) is 0 Å². The Morgan fingerprint density at radius 1 is 0.552 bits per heavy atom. The average Bonchev–Trinajstić information content (AvgIpc) is 3.89. The van der Waals surface area contributed by atoms with Gasteiger partial charge < -0.3 is 24.8 Å². The maximum Gasteiger partial charge on any atom is 0.211 e. The van der Waals surface area contributed by atoms with Crippen LogP contribution in [0.2, 0.25) is 0 Å². The fourth-order valence-electron chi connectivity index (χ4n) is 6.61. The fraction of sp³-hybridized carbons (Fsp3) is 0.200. The number of alkyl halides is 2. The number of rotatable bonds is 15. The van der Waals surface area contributed by atoms with Crippen LogP contribution in [0.25, 0.3) is 20.4 Å². The molecule has 13 nitrogen and oxygen atoms in total. The quantitative estimate of drug-likeness (QED) is 0.0272. The molecule has 2 N–H and O–H groups in total. The molecule has 0 aliphatic rings. The van der Waals surface area contributed by atoms with Crippen LogP contribution in [0.4, 0.5) is 34.1 Å². The molecule has 0 aliphatic carbocycles. The van der Waals surface area contributed by atoms with Gasteiger partial charge in [0.2, 0.25) is 9.60 Å². The molecule has 0 saturated carbocycles. The van der Waals surface area contributed by atoms with Gasteiger partial charge in [-0.3, -0.25) is 4.79 Å². The number of carbonyl (C=O) groups excluding carboxylic acids is 1. The molecule has 2 aromatic heterocycles. The number of hydrogen-bond donors (Lipinski definition) is 1. The zero-order valence-corrected chi connectivity index (χ0v) is 42.5. The number of aryl methyl sites for hydroxylation is 2. The molecule has 0 bridgehead atoms. The molecule has 6 aromatic carbocycles. The Hall–Kier alpha value is -6.40. The Balaban J connectivity index is 0.000000186. The topological polar surface area (TPSA) is 146 Å². The minimum absolute atomic E-state index is 0.634. The van der Waals surface area contributed by atoms with Crippen molar-refractivity contribution in [3.63, 3.8) is 0 Å². The number of nitrogens with zero attached hydrogens (tertiary/aromatic N) is 11. The minimum Gasteiger partial charge on any atom is -0.371 e. The van der Waals surface area contributed by atoms with E-state index < -0.39 is 0 Å². The van der Waals surface area contributed by atoms with E-state index in [0.717, 1.165) is 86.6 Å². The van der Waals surface area contributed by atoms with Crippen molar-refractivity contribution in [1.29, 1.82) is 0 Å². The number of benzene rings is 6. The van der Waals surface area contributed by atoms with E-state index in [-0.39, 0.29) is 0 Å². The van der Waals surface area contributed by atoms with Crippen molar-refractivity contribution in [2.45, 2.75) is 13.8 Å². The SMILES string of the molecule is CCN(CCBr)c1ccc(N=Nc2ccc(/C=N/N=c3\sc4ccccc4n3C)cc2)cc1.CCN(CCBr)c1ccc(N=Nc2ccc(C=O)cc2)cc1.Cn1/c(=N/N)sc2ccccc21. The van der Waals surface area contributed by atoms with Gasteiger partial charge in [-0.25, -0.2) is 0 Å². The van der Waals surface area contributed by atoms with E-state index in [9.17, 15) is 4.79 Å². The Bertz CT molecular complexity index is 3030. The monoisotopic (exact) mass is 1060 g/mol. The maximum absolute atomic E-state index is 10.6. The first-order chi connectivity index (χ1) is 32.8. The summed E-state index contributed by atoms with van der Waals surface area (Å²) in [6.07, 6.45) is 2.56. The third-order valence-electron chi connectivity index (χ3n) is 10.3. The lowest BCUT2D eigenvalue weighted by Crippen LogP contribution is -2.24. The summed E-state index contributed by atoms with van der Waals surface area (Å²) in [5.41, 5.74) is 9.43. The van der Waals surface area contributed by atoms with Crippen molar-refractivity contribution in [3.05, 3.63) is 166 Å². The number of para-hydroxylation sites is 2. The van der Waals surface area contributed by atoms with Gasteiger partial charge in [0.15, 0.2) is 0 Å². The molecule has 0 amide bonds. The van der Waals surface area contributed by atoms with Crippen LogP contribution in [0.15, 0.2) is 181 Å². The van der Waals surface area contributed by atoms with Crippen molar-refractivity contribution < 1.29 is 4.79 Å². The molecule has 0 unspecified atom stereocenters. The maximum atomic E-state index is 10.6. The third-order valence-corrected chi connectivity index (χ3v) is 13.2. The van der Waals surface area contributed by atoms with Crippen LogP contribution in [-0.2, 0) is 14.1 Å². The number of hydrogen-bond acceptors (Lipinski definition) is 13. The number of aldehydes is 1. The van der Waals surface area contributed by atoms with Gasteiger partial charge in [0, 0.05) is 67.9 Å². The molecule has 2 heterocycles. The van der Waals surface area contributed by atoms with Gasteiger partial charge in [-0.2, -0.15) is 30.7 Å². The highest BCUT2D eigenvalue weighted by Crippen LogP contribution is 2.25. The van der Waals surface area contributed by atoms with Gasteiger partial charge in [-0.1, -0.05) is 90.9 Å². The lowest BCUT2D eigenvalue weighted by Gasteiger charge is -2.21. The van der Waals surface area contributed by atoms with Gasteiger partial charge in [-0.15, -0.1) is 5.10 Å². The largest absolute Gasteiger partial charge is 0.371 e. The molecule has 0 fully saturated rings. The molecule has 8 rings (SSSR count). The number of thiazole rings is 2. The highest BCUT2D eigenvalue weighted by molar-refractivity contribution is 9.09. The van der Waals surface area contributed by atoms with Gasteiger partial charge in [0.25, 0.3) is 0 Å². The summed E-state index contributed by atoms with van der Waals surface area (Å²) < 4.78 is 6.44. The van der Waals surface area contributed by atoms with Gasteiger partial charge in [0.05, 0.1) is 49.4 Å². The first-order valence-electron chi connectivity index (χ1n) is 21.5. The van der Waals surface area contributed by atoms with Crippen molar-refractivity contribution in [2.24, 2.45) is 55.7 Å². The summed E-state index contributed by atoms with van der Waals surface area (Å²) in [4.78, 5) is 16.9. The second kappa shape index (κ2) is 26.1. The van der Waals surface area contributed by atoms with Crippen LogP contribution >= 0.6 is 54.5 Å². The Morgan fingerprint density at radius 2 is 0.940 bits per heavy atom. The molecule has 8 aromatic rings. The van der Waals surface area contributed by atoms with E-state index in [1.807, 2.05) is 91.5 Å². The summed E-state index contributed by atoms with van der Waals surface area (Å²) >= 11 is 10.2. The molecule has 0 saturated heterocycles. The van der Waals surface area contributed by atoms with Crippen LogP contribution in [-0.4, -0.2) is 58.5 Å². The first-order valence-corrected chi connectivity index (χ1v) is 25.4. The van der Waals surface area contributed by atoms with Crippen molar-refractivity contribution >= 4 is 122 Å². The van der Waals surface area contributed by atoms with Crippen molar-refractivity contribution in [3.8, 4) is 0 Å². The first kappa shape index (κ1) is 50.0. The summed E-state index contributed by atoms with van der Waals surface area (Å²) in [7, 11) is 3.97. The number of azo groups is 2.